The van der Waals surface area contributed by atoms with Gasteiger partial charge in [-0.3, -0.25) is 0 Å². The third kappa shape index (κ3) is 2.57. The van der Waals surface area contributed by atoms with Crippen LogP contribution in [0, 0.1) is 0 Å². The molecule has 0 amide bonds. The van der Waals surface area contributed by atoms with Gasteiger partial charge in [0.05, 0.1) is 6.61 Å². The summed E-state index contributed by atoms with van der Waals surface area (Å²) in [6.45, 7) is 2.54. The quantitative estimate of drug-likeness (QED) is 0.754. The average molecular weight is 231 g/mol. The molecule has 90 valence electrons. The maximum absolute atomic E-state index is 9.89. The lowest BCUT2D eigenvalue weighted by atomic mass is 10.0. The molecular weight excluding hydrogens is 214 g/mol. The van der Waals surface area contributed by atoms with Gasteiger partial charge in [0.2, 0.25) is 0 Å². The first-order chi connectivity index (χ1) is 8.22. The van der Waals surface area contributed by atoms with Gasteiger partial charge in [0.25, 0.3) is 0 Å². The second kappa shape index (κ2) is 5.17. The topological polar surface area (TPSA) is 52.5 Å². The molecule has 0 aliphatic carbocycles. The van der Waals surface area contributed by atoms with Crippen molar-refractivity contribution in [3.05, 3.63) is 42.0 Å². The van der Waals surface area contributed by atoms with Crippen molar-refractivity contribution < 1.29 is 10.2 Å². The predicted molar refractivity (Wildman–Crippen MR) is 69.0 cm³/mol. The largest absolute Gasteiger partial charge is 0.508 e. The molecule has 3 heteroatoms. The van der Waals surface area contributed by atoms with Crippen molar-refractivity contribution in [2.24, 2.45) is 0 Å². The number of aliphatic hydroxyl groups is 1. The van der Waals surface area contributed by atoms with E-state index in [9.17, 15) is 5.11 Å². The summed E-state index contributed by atoms with van der Waals surface area (Å²) in [5, 5.41) is 24.2. The van der Waals surface area contributed by atoms with Crippen molar-refractivity contribution in [1.82, 2.24) is 5.32 Å². The zero-order chi connectivity index (χ0) is 12.3. The van der Waals surface area contributed by atoms with Crippen LogP contribution in [0.25, 0.3) is 10.8 Å². The first kappa shape index (κ1) is 11.9. The molecule has 0 aromatic heterocycles. The van der Waals surface area contributed by atoms with Crippen LogP contribution in [0.2, 0.25) is 0 Å². The van der Waals surface area contributed by atoms with E-state index >= 15 is 0 Å². The Morgan fingerprint density at radius 1 is 1.18 bits per heavy atom. The van der Waals surface area contributed by atoms with Crippen LogP contribution in [0.5, 0.6) is 5.75 Å². The van der Waals surface area contributed by atoms with Gasteiger partial charge in [-0.05, 0) is 23.8 Å². The Morgan fingerprint density at radius 2 is 1.94 bits per heavy atom. The fourth-order valence-corrected chi connectivity index (χ4v) is 1.85. The van der Waals surface area contributed by atoms with Gasteiger partial charge in [0.15, 0.2) is 0 Å². The molecule has 0 aliphatic rings. The molecule has 2 aromatic rings. The summed E-state index contributed by atoms with van der Waals surface area (Å²) < 4.78 is 0. The smallest absolute Gasteiger partial charge is 0.120 e. The van der Waals surface area contributed by atoms with E-state index in [1.165, 1.54) is 0 Å². The van der Waals surface area contributed by atoms with Crippen molar-refractivity contribution in [2.45, 2.75) is 19.5 Å². The third-order valence-electron chi connectivity index (χ3n) is 2.92. The SMILES string of the molecule is CC(CO)NCc1c(O)ccc2ccccc12. The summed E-state index contributed by atoms with van der Waals surface area (Å²) in [4.78, 5) is 0. The number of benzene rings is 2. The molecule has 1 atom stereocenters. The average Bonchev–Trinajstić information content (AvgIpc) is 2.37. The number of hydrogen-bond acceptors (Lipinski definition) is 3. The molecular formula is C14H17NO2. The maximum Gasteiger partial charge on any atom is 0.120 e. The van der Waals surface area contributed by atoms with Crippen molar-refractivity contribution in [1.29, 1.82) is 0 Å². The zero-order valence-corrected chi connectivity index (χ0v) is 9.85. The molecule has 0 radical (unpaired) electrons. The lowest BCUT2D eigenvalue weighted by Crippen LogP contribution is -2.28. The van der Waals surface area contributed by atoms with E-state index < -0.39 is 0 Å². The van der Waals surface area contributed by atoms with Gasteiger partial charge in [-0.25, -0.2) is 0 Å². The molecule has 0 spiro atoms. The first-order valence-electron chi connectivity index (χ1n) is 5.76. The van der Waals surface area contributed by atoms with Gasteiger partial charge in [0, 0.05) is 18.2 Å². The van der Waals surface area contributed by atoms with E-state index in [2.05, 4.69) is 5.32 Å². The van der Waals surface area contributed by atoms with Gasteiger partial charge in [-0.1, -0.05) is 30.3 Å². The third-order valence-corrected chi connectivity index (χ3v) is 2.92. The number of phenols is 1. The molecule has 1 unspecified atom stereocenters. The highest BCUT2D eigenvalue weighted by Gasteiger charge is 2.07. The first-order valence-corrected chi connectivity index (χ1v) is 5.76. The van der Waals surface area contributed by atoms with E-state index in [0.29, 0.717) is 12.3 Å². The highest BCUT2D eigenvalue weighted by molar-refractivity contribution is 5.87. The van der Waals surface area contributed by atoms with Gasteiger partial charge in [-0.15, -0.1) is 0 Å². The number of phenolic OH excluding ortho intramolecular Hbond substituents is 1. The highest BCUT2D eigenvalue weighted by Crippen LogP contribution is 2.26. The molecule has 0 heterocycles. The maximum atomic E-state index is 9.89. The van der Waals surface area contributed by atoms with Crippen LogP contribution >= 0.6 is 0 Å². The van der Waals surface area contributed by atoms with Crippen molar-refractivity contribution in [2.75, 3.05) is 6.61 Å². The molecule has 0 fully saturated rings. The zero-order valence-electron chi connectivity index (χ0n) is 9.85. The van der Waals surface area contributed by atoms with Gasteiger partial charge in [-0.2, -0.15) is 0 Å². The molecule has 2 rings (SSSR count). The fraction of sp³-hybridized carbons (Fsp3) is 0.286. The summed E-state index contributed by atoms with van der Waals surface area (Å²) in [6.07, 6.45) is 0. The Morgan fingerprint density at radius 3 is 2.71 bits per heavy atom. The Bertz CT molecular complexity index is 511. The number of nitrogens with one attached hydrogen (secondary N) is 1. The standard InChI is InChI=1S/C14H17NO2/c1-10(9-16)15-8-13-12-5-3-2-4-11(12)6-7-14(13)17/h2-7,10,15-17H,8-9H2,1H3. The summed E-state index contributed by atoms with van der Waals surface area (Å²) >= 11 is 0. The van der Waals surface area contributed by atoms with E-state index in [1.54, 1.807) is 6.07 Å². The van der Waals surface area contributed by atoms with Gasteiger partial charge in [0.1, 0.15) is 5.75 Å². The van der Waals surface area contributed by atoms with Gasteiger partial charge < -0.3 is 15.5 Å². The molecule has 3 N–H and O–H groups in total. The van der Waals surface area contributed by atoms with Crippen LogP contribution in [0.15, 0.2) is 36.4 Å². The van der Waals surface area contributed by atoms with E-state index in [4.69, 9.17) is 5.11 Å². The van der Waals surface area contributed by atoms with Crippen LogP contribution in [0.3, 0.4) is 0 Å². The number of hydrogen-bond donors (Lipinski definition) is 3. The molecule has 0 saturated carbocycles. The Hall–Kier alpha value is -1.58. The van der Waals surface area contributed by atoms with Crippen LogP contribution < -0.4 is 5.32 Å². The number of rotatable bonds is 4. The van der Waals surface area contributed by atoms with Crippen molar-refractivity contribution >= 4 is 10.8 Å². The minimum absolute atomic E-state index is 0.0216. The summed E-state index contributed by atoms with van der Waals surface area (Å²) in [7, 11) is 0. The second-order valence-electron chi connectivity index (χ2n) is 4.25. The molecule has 17 heavy (non-hydrogen) atoms. The van der Waals surface area contributed by atoms with Crippen LogP contribution in [0.1, 0.15) is 12.5 Å². The normalized spacial score (nSPS) is 12.8. The summed E-state index contributed by atoms with van der Waals surface area (Å²) in [5.41, 5.74) is 0.878. The van der Waals surface area contributed by atoms with E-state index in [-0.39, 0.29) is 12.6 Å². The number of aliphatic hydroxyl groups excluding tert-OH is 1. The molecule has 0 saturated heterocycles. The predicted octanol–water partition coefficient (Wildman–Crippen LogP) is 2.02. The highest BCUT2D eigenvalue weighted by atomic mass is 16.3. The van der Waals surface area contributed by atoms with Crippen LogP contribution in [-0.2, 0) is 6.54 Å². The second-order valence-corrected chi connectivity index (χ2v) is 4.25. The Kier molecular flexibility index (Phi) is 3.61. The summed E-state index contributed by atoms with van der Waals surface area (Å²) in [5.74, 6) is 0.293. The molecule has 0 aliphatic heterocycles. The van der Waals surface area contributed by atoms with Crippen molar-refractivity contribution in [3.8, 4) is 5.75 Å². The monoisotopic (exact) mass is 231 g/mol. The number of aromatic hydroxyl groups is 1. The molecule has 0 bridgehead atoms. The van der Waals surface area contributed by atoms with Crippen LogP contribution in [-0.4, -0.2) is 22.9 Å². The molecule has 3 nitrogen and oxygen atoms in total. The summed E-state index contributed by atoms with van der Waals surface area (Å²) in [6, 6.07) is 11.6. The lowest BCUT2D eigenvalue weighted by Gasteiger charge is -2.13. The van der Waals surface area contributed by atoms with Crippen LogP contribution in [0.4, 0.5) is 0 Å². The molecule has 2 aromatic carbocycles. The Balaban J connectivity index is 2.34. The Labute approximate surface area is 101 Å². The minimum atomic E-state index is 0.0216. The van der Waals surface area contributed by atoms with E-state index in [0.717, 1.165) is 16.3 Å². The van der Waals surface area contributed by atoms with E-state index in [1.807, 2.05) is 37.3 Å². The lowest BCUT2D eigenvalue weighted by molar-refractivity contribution is 0.250. The number of fused-ring (bicyclic) bond motifs is 1. The van der Waals surface area contributed by atoms with Gasteiger partial charge >= 0.3 is 0 Å². The van der Waals surface area contributed by atoms with Crippen molar-refractivity contribution in [3.63, 3.8) is 0 Å². The fourth-order valence-electron chi connectivity index (χ4n) is 1.85. The minimum Gasteiger partial charge on any atom is -0.508 e.